The Hall–Kier alpha value is -1.37. The second-order valence-electron chi connectivity index (χ2n) is 4.93. The Morgan fingerprint density at radius 3 is 2.50 bits per heavy atom. The minimum atomic E-state index is 0.547. The number of aromatic nitrogens is 2. The first-order chi connectivity index (χ1) is 9.74. The molecule has 1 aromatic heterocycles. The summed E-state index contributed by atoms with van der Waals surface area (Å²) in [5, 5.41) is 6.63. The molecular weight excluding hydrogens is 363 g/mol. The number of anilines is 3. The van der Waals surface area contributed by atoms with Crippen LogP contribution < -0.4 is 10.6 Å². The van der Waals surface area contributed by atoms with Crippen molar-refractivity contribution >= 4 is 39.9 Å². The third-order valence-corrected chi connectivity index (χ3v) is 3.88. The number of nitrogens with zero attached hydrogens (tertiary/aromatic N) is 2. The molecule has 0 saturated heterocycles. The van der Waals surface area contributed by atoms with Crippen LogP contribution in [0.25, 0.3) is 0 Å². The van der Waals surface area contributed by atoms with Crippen molar-refractivity contribution in [2.45, 2.75) is 25.7 Å². The molecule has 3 rings (SSSR count). The lowest BCUT2D eigenvalue weighted by atomic mass is 10.3. The topological polar surface area (TPSA) is 49.8 Å². The van der Waals surface area contributed by atoms with E-state index < -0.39 is 0 Å². The van der Waals surface area contributed by atoms with Gasteiger partial charge in [0.25, 0.3) is 0 Å². The average molecular weight is 380 g/mol. The summed E-state index contributed by atoms with van der Waals surface area (Å²) in [6.45, 7) is 2.94. The van der Waals surface area contributed by atoms with Gasteiger partial charge in [-0.15, -0.1) is 0 Å². The van der Waals surface area contributed by atoms with E-state index in [1.54, 1.807) is 0 Å². The molecule has 2 aromatic rings. The Kier molecular flexibility index (Phi) is 4.05. The highest BCUT2D eigenvalue weighted by Crippen LogP contribution is 2.39. The molecule has 0 atom stereocenters. The normalized spacial score (nSPS) is 14.1. The summed E-state index contributed by atoms with van der Waals surface area (Å²) in [7, 11) is 0. The highest BCUT2D eigenvalue weighted by molar-refractivity contribution is 14.1. The van der Waals surface area contributed by atoms with Crippen LogP contribution in [0.4, 0.5) is 17.3 Å². The lowest BCUT2D eigenvalue weighted by Crippen LogP contribution is -2.05. The van der Waals surface area contributed by atoms with E-state index >= 15 is 0 Å². The van der Waals surface area contributed by atoms with Crippen LogP contribution in [0.5, 0.6) is 0 Å². The Bertz CT molecular complexity index is 593. The monoisotopic (exact) mass is 380 g/mol. The van der Waals surface area contributed by atoms with Crippen LogP contribution in [0.2, 0.25) is 0 Å². The smallest absolute Gasteiger partial charge is 0.136 e. The molecule has 1 fully saturated rings. The van der Waals surface area contributed by atoms with E-state index in [4.69, 9.17) is 0 Å². The van der Waals surface area contributed by atoms with E-state index in [1.165, 1.54) is 16.4 Å². The molecule has 0 amide bonds. The van der Waals surface area contributed by atoms with Crippen molar-refractivity contribution < 1.29 is 0 Å². The molecule has 0 unspecified atom stereocenters. The van der Waals surface area contributed by atoms with E-state index in [9.17, 15) is 0 Å². The average Bonchev–Trinajstić information content (AvgIpc) is 3.26. The Labute approximate surface area is 132 Å². The van der Waals surface area contributed by atoms with Crippen LogP contribution in [-0.4, -0.2) is 16.5 Å². The minimum absolute atomic E-state index is 0.547. The van der Waals surface area contributed by atoms with Gasteiger partial charge in [0.1, 0.15) is 17.5 Å². The van der Waals surface area contributed by atoms with Crippen LogP contribution in [-0.2, 0) is 0 Å². The fourth-order valence-corrected chi connectivity index (χ4v) is 2.37. The number of halogens is 1. The first-order valence-corrected chi connectivity index (χ1v) is 7.98. The molecular formula is C15H17IN4. The van der Waals surface area contributed by atoms with E-state index in [1.807, 2.05) is 6.07 Å². The fraction of sp³-hybridized carbons (Fsp3) is 0.333. The van der Waals surface area contributed by atoms with Gasteiger partial charge in [-0.1, -0.05) is 0 Å². The van der Waals surface area contributed by atoms with Gasteiger partial charge in [0.15, 0.2) is 0 Å². The molecule has 20 heavy (non-hydrogen) atoms. The number of rotatable bonds is 5. The second-order valence-corrected chi connectivity index (χ2v) is 6.18. The van der Waals surface area contributed by atoms with Gasteiger partial charge in [0, 0.05) is 27.8 Å². The van der Waals surface area contributed by atoms with Gasteiger partial charge in [-0.3, -0.25) is 0 Å². The van der Waals surface area contributed by atoms with E-state index in [0.29, 0.717) is 5.92 Å². The van der Waals surface area contributed by atoms with Gasteiger partial charge < -0.3 is 10.6 Å². The van der Waals surface area contributed by atoms with E-state index in [0.717, 1.165) is 29.7 Å². The van der Waals surface area contributed by atoms with Crippen molar-refractivity contribution in [3.63, 3.8) is 0 Å². The van der Waals surface area contributed by atoms with Crippen molar-refractivity contribution in [1.82, 2.24) is 9.97 Å². The molecule has 5 heteroatoms. The molecule has 2 N–H and O–H groups in total. The lowest BCUT2D eigenvalue weighted by Gasteiger charge is -2.10. The number of nitrogens with one attached hydrogen (secondary N) is 2. The largest absolute Gasteiger partial charge is 0.370 e. The lowest BCUT2D eigenvalue weighted by molar-refractivity contribution is 0.927. The highest BCUT2D eigenvalue weighted by atomic mass is 127. The molecule has 1 aliphatic rings. The summed E-state index contributed by atoms with van der Waals surface area (Å²) < 4.78 is 1.22. The van der Waals surface area contributed by atoms with Gasteiger partial charge >= 0.3 is 0 Å². The Balaban J connectivity index is 1.85. The van der Waals surface area contributed by atoms with Gasteiger partial charge in [0.2, 0.25) is 0 Å². The standard InChI is InChI=1S/C15H17IN4/c1-2-17-13-9-14(20-15(19-13)10-3-4-10)18-12-7-5-11(16)6-8-12/h5-10H,2-4H2,1H3,(H2,17,18,19,20). The second kappa shape index (κ2) is 5.95. The number of benzene rings is 1. The molecule has 0 bridgehead atoms. The van der Waals surface area contributed by atoms with Gasteiger partial charge in [0.05, 0.1) is 0 Å². The van der Waals surface area contributed by atoms with Crippen molar-refractivity contribution in [3.8, 4) is 0 Å². The molecule has 0 radical (unpaired) electrons. The summed E-state index contributed by atoms with van der Waals surface area (Å²) in [6.07, 6.45) is 2.41. The molecule has 1 saturated carbocycles. The molecule has 0 aliphatic heterocycles. The van der Waals surface area contributed by atoms with Gasteiger partial charge in [-0.2, -0.15) is 0 Å². The van der Waals surface area contributed by atoms with Crippen molar-refractivity contribution in [2.24, 2.45) is 0 Å². The molecule has 0 spiro atoms. The van der Waals surface area contributed by atoms with Crippen LogP contribution >= 0.6 is 22.6 Å². The minimum Gasteiger partial charge on any atom is -0.370 e. The number of hydrogen-bond acceptors (Lipinski definition) is 4. The molecule has 4 nitrogen and oxygen atoms in total. The molecule has 104 valence electrons. The first kappa shape index (κ1) is 13.6. The van der Waals surface area contributed by atoms with Crippen molar-refractivity contribution in [3.05, 3.63) is 39.7 Å². The highest BCUT2D eigenvalue weighted by Gasteiger charge is 2.27. The zero-order valence-electron chi connectivity index (χ0n) is 11.4. The third kappa shape index (κ3) is 3.39. The maximum Gasteiger partial charge on any atom is 0.136 e. The molecule has 1 aliphatic carbocycles. The van der Waals surface area contributed by atoms with Gasteiger partial charge in [-0.05, 0) is 66.6 Å². The van der Waals surface area contributed by atoms with Crippen LogP contribution in [0.15, 0.2) is 30.3 Å². The first-order valence-electron chi connectivity index (χ1n) is 6.90. The zero-order chi connectivity index (χ0) is 13.9. The fourth-order valence-electron chi connectivity index (χ4n) is 2.01. The molecule has 1 aromatic carbocycles. The van der Waals surface area contributed by atoms with Crippen LogP contribution in [0.1, 0.15) is 31.5 Å². The van der Waals surface area contributed by atoms with Crippen LogP contribution in [0.3, 0.4) is 0 Å². The summed E-state index contributed by atoms with van der Waals surface area (Å²) in [5.74, 6) is 3.26. The van der Waals surface area contributed by atoms with E-state index in [-0.39, 0.29) is 0 Å². The summed E-state index contributed by atoms with van der Waals surface area (Å²) in [5.41, 5.74) is 1.05. The quantitative estimate of drug-likeness (QED) is 0.766. The number of hydrogen-bond donors (Lipinski definition) is 2. The van der Waals surface area contributed by atoms with Gasteiger partial charge in [-0.25, -0.2) is 9.97 Å². The predicted molar refractivity (Wildman–Crippen MR) is 90.6 cm³/mol. The summed E-state index contributed by atoms with van der Waals surface area (Å²) in [4.78, 5) is 9.21. The summed E-state index contributed by atoms with van der Waals surface area (Å²) in [6, 6.07) is 10.3. The Morgan fingerprint density at radius 1 is 1.15 bits per heavy atom. The van der Waals surface area contributed by atoms with Crippen LogP contribution in [0, 0.1) is 3.57 Å². The third-order valence-electron chi connectivity index (χ3n) is 3.16. The summed E-state index contributed by atoms with van der Waals surface area (Å²) >= 11 is 2.30. The Morgan fingerprint density at radius 2 is 1.85 bits per heavy atom. The SMILES string of the molecule is CCNc1cc(Nc2ccc(I)cc2)nc(C2CC2)n1. The van der Waals surface area contributed by atoms with E-state index in [2.05, 4.69) is 74.4 Å². The zero-order valence-corrected chi connectivity index (χ0v) is 13.5. The maximum atomic E-state index is 4.63. The predicted octanol–water partition coefficient (Wildman–Crippen LogP) is 4.13. The maximum absolute atomic E-state index is 4.63. The van der Waals surface area contributed by atoms with Crippen molar-refractivity contribution in [2.75, 3.05) is 17.2 Å². The molecule has 1 heterocycles. The van der Waals surface area contributed by atoms with Crippen molar-refractivity contribution in [1.29, 1.82) is 0 Å².